The van der Waals surface area contributed by atoms with Gasteiger partial charge >= 0.3 is 0 Å². The highest BCUT2D eigenvalue weighted by molar-refractivity contribution is 6.16. The van der Waals surface area contributed by atoms with Crippen molar-refractivity contribution in [1.29, 1.82) is 0 Å². The first-order valence-electron chi connectivity index (χ1n) is 10.3. The van der Waals surface area contributed by atoms with Gasteiger partial charge in [0.05, 0.1) is 18.2 Å². The summed E-state index contributed by atoms with van der Waals surface area (Å²) in [6.07, 6.45) is 0. The number of aryl methyl sites for hydroxylation is 1. The standard InChI is InChI=1S/C25H29NO4/c1-15(2)14-30-20-11-9-19(10-12-20)26-22(18-8-6-7-17(5)13-18)21(23(27)16(3)4)24(28)25(26)29/h6-13,15-16,22,28H,14H2,1-5H3. The molecule has 2 aromatic carbocycles. The normalized spacial score (nSPS) is 16.7. The molecular weight excluding hydrogens is 378 g/mol. The molecule has 0 spiro atoms. The zero-order valence-electron chi connectivity index (χ0n) is 18.2. The molecule has 0 fully saturated rings. The number of ketones is 1. The summed E-state index contributed by atoms with van der Waals surface area (Å²) in [5.74, 6) is -0.495. The number of benzene rings is 2. The van der Waals surface area contributed by atoms with Crippen LogP contribution in [0.4, 0.5) is 5.69 Å². The minimum Gasteiger partial charge on any atom is -0.503 e. The van der Waals surface area contributed by atoms with E-state index in [1.54, 1.807) is 38.1 Å². The first kappa shape index (κ1) is 21.6. The second-order valence-corrected chi connectivity index (χ2v) is 8.47. The fourth-order valence-electron chi connectivity index (χ4n) is 3.56. The summed E-state index contributed by atoms with van der Waals surface area (Å²) in [6.45, 7) is 10.2. The Bertz CT molecular complexity index is 973. The first-order chi connectivity index (χ1) is 14.2. The Morgan fingerprint density at radius 2 is 1.77 bits per heavy atom. The third-order valence-corrected chi connectivity index (χ3v) is 5.05. The molecule has 2 aromatic rings. The molecule has 0 aliphatic carbocycles. The Morgan fingerprint density at radius 3 is 2.33 bits per heavy atom. The predicted octanol–water partition coefficient (Wildman–Crippen LogP) is 5.15. The highest BCUT2D eigenvalue weighted by Gasteiger charge is 2.44. The van der Waals surface area contributed by atoms with Gasteiger partial charge in [0.1, 0.15) is 5.75 Å². The Hall–Kier alpha value is -3.08. The van der Waals surface area contributed by atoms with Gasteiger partial charge in [0.25, 0.3) is 5.91 Å². The van der Waals surface area contributed by atoms with Crippen LogP contribution in [0.3, 0.4) is 0 Å². The quantitative estimate of drug-likeness (QED) is 0.689. The van der Waals surface area contributed by atoms with Crippen molar-refractivity contribution in [3.05, 3.63) is 71.0 Å². The molecule has 3 rings (SSSR count). The number of Topliss-reactive ketones (excluding diaryl/α,β-unsaturated/α-hetero) is 1. The summed E-state index contributed by atoms with van der Waals surface area (Å²) in [5, 5.41) is 10.7. The molecule has 0 bridgehead atoms. The lowest BCUT2D eigenvalue weighted by Crippen LogP contribution is -2.31. The van der Waals surface area contributed by atoms with Crippen LogP contribution >= 0.6 is 0 Å². The molecule has 0 aromatic heterocycles. The Balaban J connectivity index is 2.04. The summed E-state index contributed by atoms with van der Waals surface area (Å²) in [6, 6.07) is 14.2. The van der Waals surface area contributed by atoms with Gasteiger partial charge in [0, 0.05) is 11.6 Å². The summed E-state index contributed by atoms with van der Waals surface area (Å²) < 4.78 is 5.73. The SMILES string of the molecule is Cc1cccc(C2C(C(=O)C(C)C)=C(O)C(=O)N2c2ccc(OCC(C)C)cc2)c1. The molecule has 5 heteroatoms. The van der Waals surface area contributed by atoms with Gasteiger partial charge in [0.2, 0.25) is 0 Å². The highest BCUT2D eigenvalue weighted by atomic mass is 16.5. The zero-order chi connectivity index (χ0) is 22.0. The largest absolute Gasteiger partial charge is 0.503 e. The average molecular weight is 408 g/mol. The third kappa shape index (κ3) is 4.25. The fraction of sp³-hybridized carbons (Fsp3) is 0.360. The number of aliphatic hydroxyl groups excluding tert-OH is 1. The Morgan fingerprint density at radius 1 is 1.10 bits per heavy atom. The van der Waals surface area contributed by atoms with E-state index in [1.807, 2.05) is 31.2 Å². The molecule has 1 unspecified atom stereocenters. The van der Waals surface area contributed by atoms with E-state index in [1.165, 1.54) is 4.90 Å². The predicted molar refractivity (Wildman–Crippen MR) is 118 cm³/mol. The van der Waals surface area contributed by atoms with Crippen molar-refractivity contribution < 1.29 is 19.4 Å². The van der Waals surface area contributed by atoms with Crippen LogP contribution < -0.4 is 9.64 Å². The van der Waals surface area contributed by atoms with E-state index in [4.69, 9.17) is 4.74 Å². The molecule has 1 aliphatic heterocycles. The fourth-order valence-corrected chi connectivity index (χ4v) is 3.56. The van der Waals surface area contributed by atoms with Crippen molar-refractivity contribution in [2.24, 2.45) is 11.8 Å². The van der Waals surface area contributed by atoms with Crippen LogP contribution in [0.1, 0.15) is 44.9 Å². The Labute approximate surface area is 178 Å². The molecule has 1 aliphatic rings. The maximum absolute atomic E-state index is 13.0. The molecule has 5 nitrogen and oxygen atoms in total. The van der Waals surface area contributed by atoms with E-state index in [2.05, 4.69) is 13.8 Å². The van der Waals surface area contributed by atoms with Crippen LogP contribution in [-0.2, 0) is 9.59 Å². The summed E-state index contributed by atoms with van der Waals surface area (Å²) in [7, 11) is 0. The number of carbonyl (C=O) groups excluding carboxylic acids is 2. The molecule has 1 N–H and O–H groups in total. The number of anilines is 1. The van der Waals surface area contributed by atoms with Gasteiger partial charge in [-0.05, 0) is 42.7 Å². The monoisotopic (exact) mass is 407 g/mol. The average Bonchev–Trinajstić information content (AvgIpc) is 2.97. The number of nitrogens with zero attached hydrogens (tertiary/aromatic N) is 1. The summed E-state index contributed by atoms with van der Waals surface area (Å²) in [5.41, 5.74) is 2.55. The van der Waals surface area contributed by atoms with Gasteiger partial charge in [-0.3, -0.25) is 14.5 Å². The van der Waals surface area contributed by atoms with Crippen LogP contribution in [-0.4, -0.2) is 23.4 Å². The minimum absolute atomic E-state index is 0.153. The maximum Gasteiger partial charge on any atom is 0.294 e. The molecule has 158 valence electrons. The van der Waals surface area contributed by atoms with Gasteiger partial charge < -0.3 is 9.84 Å². The topological polar surface area (TPSA) is 66.8 Å². The van der Waals surface area contributed by atoms with Gasteiger partial charge in [-0.15, -0.1) is 0 Å². The maximum atomic E-state index is 13.0. The van der Waals surface area contributed by atoms with Crippen molar-refractivity contribution in [2.75, 3.05) is 11.5 Å². The number of aliphatic hydroxyl groups is 1. The molecule has 1 heterocycles. The lowest BCUT2D eigenvalue weighted by molar-refractivity contribution is -0.119. The molecule has 1 amide bonds. The molecule has 0 saturated carbocycles. The van der Waals surface area contributed by atoms with Crippen molar-refractivity contribution in [3.8, 4) is 5.75 Å². The molecule has 0 saturated heterocycles. The minimum atomic E-state index is -0.672. The number of rotatable bonds is 7. The lowest BCUT2D eigenvalue weighted by Gasteiger charge is -2.27. The van der Waals surface area contributed by atoms with Gasteiger partial charge in [-0.25, -0.2) is 0 Å². The van der Waals surface area contributed by atoms with Gasteiger partial charge in [-0.1, -0.05) is 57.5 Å². The van der Waals surface area contributed by atoms with Gasteiger partial charge in [0.15, 0.2) is 11.5 Å². The van der Waals surface area contributed by atoms with Crippen LogP contribution in [0.2, 0.25) is 0 Å². The van der Waals surface area contributed by atoms with E-state index in [-0.39, 0.29) is 17.3 Å². The van der Waals surface area contributed by atoms with E-state index in [9.17, 15) is 14.7 Å². The van der Waals surface area contributed by atoms with E-state index >= 15 is 0 Å². The van der Waals surface area contributed by atoms with Crippen LogP contribution in [0.5, 0.6) is 5.75 Å². The molecule has 0 radical (unpaired) electrons. The lowest BCUT2D eigenvalue weighted by atomic mass is 9.90. The summed E-state index contributed by atoms with van der Waals surface area (Å²) in [4.78, 5) is 27.5. The number of carbonyl (C=O) groups is 2. The second-order valence-electron chi connectivity index (χ2n) is 8.47. The van der Waals surface area contributed by atoms with Crippen LogP contribution in [0.25, 0.3) is 0 Å². The molecular formula is C25H29NO4. The van der Waals surface area contributed by atoms with E-state index in [0.29, 0.717) is 24.0 Å². The Kier molecular flexibility index (Phi) is 6.30. The molecule has 1 atom stereocenters. The smallest absolute Gasteiger partial charge is 0.294 e. The first-order valence-corrected chi connectivity index (χ1v) is 10.3. The number of amides is 1. The van der Waals surface area contributed by atoms with Crippen molar-refractivity contribution in [2.45, 2.75) is 40.7 Å². The number of ether oxygens (including phenoxy) is 1. The second kappa shape index (κ2) is 8.74. The van der Waals surface area contributed by atoms with E-state index < -0.39 is 17.7 Å². The van der Waals surface area contributed by atoms with Crippen LogP contribution in [0, 0.1) is 18.8 Å². The van der Waals surface area contributed by atoms with Crippen molar-refractivity contribution in [3.63, 3.8) is 0 Å². The van der Waals surface area contributed by atoms with Gasteiger partial charge in [-0.2, -0.15) is 0 Å². The number of hydrogen-bond acceptors (Lipinski definition) is 4. The third-order valence-electron chi connectivity index (χ3n) is 5.05. The van der Waals surface area contributed by atoms with Crippen molar-refractivity contribution in [1.82, 2.24) is 0 Å². The highest BCUT2D eigenvalue weighted by Crippen LogP contribution is 2.42. The zero-order valence-corrected chi connectivity index (χ0v) is 18.2. The van der Waals surface area contributed by atoms with E-state index in [0.717, 1.165) is 11.1 Å². The molecule has 30 heavy (non-hydrogen) atoms. The van der Waals surface area contributed by atoms with Crippen LogP contribution in [0.15, 0.2) is 59.9 Å². The van der Waals surface area contributed by atoms with Crippen molar-refractivity contribution >= 4 is 17.4 Å². The number of hydrogen-bond donors (Lipinski definition) is 1. The summed E-state index contributed by atoms with van der Waals surface area (Å²) >= 11 is 0.